The Labute approximate surface area is 124 Å². The zero-order valence-corrected chi connectivity index (χ0v) is 11.6. The smallest absolute Gasteiger partial charge is 0.231 e. The van der Waals surface area contributed by atoms with E-state index >= 15 is 0 Å². The van der Waals surface area contributed by atoms with Gasteiger partial charge in [0, 0.05) is 17.7 Å². The maximum atomic E-state index is 11.4. The molecule has 22 heavy (non-hydrogen) atoms. The second-order valence-corrected chi connectivity index (χ2v) is 4.94. The van der Waals surface area contributed by atoms with E-state index in [1.165, 1.54) is 17.8 Å². The highest BCUT2D eigenvalue weighted by molar-refractivity contribution is 5.97. The van der Waals surface area contributed by atoms with Gasteiger partial charge in [0.2, 0.25) is 6.79 Å². The Balaban J connectivity index is 1.86. The maximum absolute atomic E-state index is 11.4. The van der Waals surface area contributed by atoms with Gasteiger partial charge in [0.05, 0.1) is 0 Å². The predicted molar refractivity (Wildman–Crippen MR) is 76.7 cm³/mol. The number of ether oxygens (including phenoxy) is 2. The molecule has 1 N–H and O–H groups in total. The van der Waals surface area contributed by atoms with Crippen molar-refractivity contribution in [3.05, 3.63) is 35.9 Å². The number of fused-ring (bicyclic) bond motifs is 2. The quantitative estimate of drug-likeness (QED) is 0.729. The fraction of sp³-hybridized carbons (Fsp3) is 0.133. The van der Waals surface area contributed by atoms with Gasteiger partial charge >= 0.3 is 0 Å². The first kappa shape index (κ1) is 12.6. The molecule has 0 bridgehead atoms. The molecule has 2 aromatic carbocycles. The molecule has 0 atom stereocenters. The van der Waals surface area contributed by atoms with Crippen molar-refractivity contribution >= 4 is 16.8 Å². The van der Waals surface area contributed by atoms with Gasteiger partial charge < -0.3 is 14.6 Å². The summed E-state index contributed by atoms with van der Waals surface area (Å²) in [4.78, 5) is 12.7. The van der Waals surface area contributed by atoms with Crippen LogP contribution in [0.3, 0.4) is 0 Å². The van der Waals surface area contributed by atoms with Crippen LogP contribution < -0.4 is 9.47 Å². The van der Waals surface area contributed by atoms with Crippen molar-refractivity contribution in [1.82, 2.24) is 15.0 Å². The normalized spacial score (nSPS) is 12.8. The van der Waals surface area contributed by atoms with Crippen LogP contribution in [0, 0.1) is 0 Å². The van der Waals surface area contributed by atoms with Crippen LogP contribution in [0.2, 0.25) is 0 Å². The molecule has 0 saturated carbocycles. The van der Waals surface area contributed by atoms with E-state index in [0.29, 0.717) is 33.8 Å². The Morgan fingerprint density at radius 2 is 1.86 bits per heavy atom. The summed E-state index contributed by atoms with van der Waals surface area (Å²) in [6, 6.07) is 8.17. The Morgan fingerprint density at radius 1 is 1.14 bits per heavy atom. The van der Waals surface area contributed by atoms with Crippen LogP contribution >= 0.6 is 0 Å². The Morgan fingerprint density at radius 3 is 2.64 bits per heavy atom. The molecule has 7 heteroatoms. The van der Waals surface area contributed by atoms with E-state index < -0.39 is 0 Å². The number of hydrogen-bond acceptors (Lipinski definition) is 6. The summed E-state index contributed by atoms with van der Waals surface area (Å²) in [5, 5.41) is 18.7. The van der Waals surface area contributed by atoms with E-state index in [2.05, 4.69) is 10.2 Å². The van der Waals surface area contributed by atoms with Gasteiger partial charge in [0.15, 0.2) is 17.3 Å². The molecular weight excluding hydrogens is 286 g/mol. The third kappa shape index (κ3) is 1.86. The summed E-state index contributed by atoms with van der Waals surface area (Å²) < 4.78 is 10.5. The highest BCUT2D eigenvalue weighted by atomic mass is 16.7. The lowest BCUT2D eigenvalue weighted by Gasteiger charge is -2.04. The minimum absolute atomic E-state index is 0.0173. The fourth-order valence-electron chi connectivity index (χ4n) is 2.32. The van der Waals surface area contributed by atoms with Crippen molar-refractivity contribution in [1.29, 1.82) is 0 Å². The van der Waals surface area contributed by atoms with Crippen molar-refractivity contribution in [2.24, 2.45) is 0 Å². The average Bonchev–Trinajstić information content (AvgIpc) is 3.10. The summed E-state index contributed by atoms with van der Waals surface area (Å²) in [5.41, 5.74) is 2.14. The lowest BCUT2D eigenvalue weighted by atomic mass is 10.1. The number of rotatable bonds is 2. The van der Waals surface area contributed by atoms with E-state index in [1.54, 1.807) is 24.3 Å². The van der Waals surface area contributed by atoms with Gasteiger partial charge in [-0.15, -0.1) is 15.0 Å². The number of aromatic nitrogens is 3. The molecule has 4 rings (SSSR count). The van der Waals surface area contributed by atoms with Gasteiger partial charge in [0.25, 0.3) is 0 Å². The number of phenolic OH excluding ortho intramolecular Hbond substituents is 1. The molecule has 1 aliphatic heterocycles. The van der Waals surface area contributed by atoms with E-state index in [1.807, 2.05) is 0 Å². The second kappa shape index (κ2) is 4.45. The number of nitrogens with zero attached hydrogens (tertiary/aromatic N) is 3. The van der Waals surface area contributed by atoms with Crippen molar-refractivity contribution in [3.8, 4) is 22.9 Å². The van der Waals surface area contributed by atoms with Crippen molar-refractivity contribution < 1.29 is 19.4 Å². The number of Topliss-reactive ketones (excluding diaryl/α,β-unsaturated/α-hetero) is 1. The monoisotopic (exact) mass is 297 g/mol. The van der Waals surface area contributed by atoms with Crippen LogP contribution in [0.15, 0.2) is 30.3 Å². The van der Waals surface area contributed by atoms with E-state index in [4.69, 9.17) is 9.47 Å². The SMILES string of the molecule is CC(=O)c1ccc2nn(-c3cc4c(cc3O)OCO4)nc2c1. The first-order valence-electron chi connectivity index (χ1n) is 6.63. The topological polar surface area (TPSA) is 86.5 Å². The van der Waals surface area contributed by atoms with E-state index in [0.717, 1.165) is 0 Å². The van der Waals surface area contributed by atoms with Crippen molar-refractivity contribution in [2.45, 2.75) is 6.92 Å². The van der Waals surface area contributed by atoms with Crippen LogP contribution in [0.1, 0.15) is 17.3 Å². The van der Waals surface area contributed by atoms with Gasteiger partial charge in [-0.2, -0.15) is 0 Å². The minimum Gasteiger partial charge on any atom is -0.505 e. The molecule has 0 saturated heterocycles. The van der Waals surface area contributed by atoms with Crippen LogP contribution in [-0.2, 0) is 0 Å². The molecule has 3 aromatic rings. The molecule has 0 radical (unpaired) electrons. The molecule has 0 spiro atoms. The number of aromatic hydroxyl groups is 1. The number of carbonyl (C=O) groups excluding carboxylic acids is 1. The highest BCUT2D eigenvalue weighted by Crippen LogP contribution is 2.38. The zero-order valence-electron chi connectivity index (χ0n) is 11.6. The lowest BCUT2D eigenvalue weighted by Crippen LogP contribution is -1.99. The predicted octanol–water partition coefficient (Wildman–Crippen LogP) is 2.06. The first-order valence-corrected chi connectivity index (χ1v) is 6.63. The van der Waals surface area contributed by atoms with E-state index in [-0.39, 0.29) is 18.3 Å². The minimum atomic E-state index is -0.0395. The molecule has 0 fully saturated rings. The fourth-order valence-corrected chi connectivity index (χ4v) is 2.32. The van der Waals surface area contributed by atoms with Crippen LogP contribution in [-0.4, -0.2) is 32.7 Å². The van der Waals surface area contributed by atoms with Gasteiger partial charge in [-0.3, -0.25) is 4.79 Å². The molecule has 0 aliphatic carbocycles. The average molecular weight is 297 g/mol. The molecule has 110 valence electrons. The number of ketones is 1. The second-order valence-electron chi connectivity index (χ2n) is 4.94. The molecule has 1 aliphatic rings. The zero-order chi connectivity index (χ0) is 15.3. The largest absolute Gasteiger partial charge is 0.505 e. The summed E-state index contributed by atoms with van der Waals surface area (Å²) in [5.74, 6) is 0.953. The van der Waals surface area contributed by atoms with Crippen LogP contribution in [0.25, 0.3) is 16.7 Å². The number of phenols is 1. The lowest BCUT2D eigenvalue weighted by molar-refractivity contribution is 0.101. The molecule has 7 nitrogen and oxygen atoms in total. The van der Waals surface area contributed by atoms with Crippen LogP contribution in [0.4, 0.5) is 0 Å². The van der Waals surface area contributed by atoms with Crippen molar-refractivity contribution in [3.63, 3.8) is 0 Å². The van der Waals surface area contributed by atoms with Gasteiger partial charge in [-0.1, -0.05) is 0 Å². The Bertz CT molecular complexity index is 917. The van der Waals surface area contributed by atoms with Gasteiger partial charge in [0.1, 0.15) is 22.5 Å². The van der Waals surface area contributed by atoms with Crippen molar-refractivity contribution in [2.75, 3.05) is 6.79 Å². The van der Waals surface area contributed by atoms with Crippen LogP contribution in [0.5, 0.6) is 17.2 Å². The number of hydrogen-bond donors (Lipinski definition) is 1. The summed E-state index contributed by atoms with van der Waals surface area (Å²) in [7, 11) is 0. The van der Waals surface area contributed by atoms with Gasteiger partial charge in [-0.05, 0) is 25.1 Å². The Kier molecular flexibility index (Phi) is 2.56. The van der Waals surface area contributed by atoms with E-state index in [9.17, 15) is 9.90 Å². The number of benzene rings is 2. The Hall–Kier alpha value is -3.09. The standard InChI is InChI=1S/C15H11N3O4/c1-8(19)9-2-3-10-11(4-9)17-18(16-10)12-5-14-15(6-13(12)20)22-7-21-14/h2-6,20H,7H2,1H3. The summed E-state index contributed by atoms with van der Waals surface area (Å²) in [6.45, 7) is 1.62. The molecule has 0 unspecified atom stereocenters. The highest BCUT2D eigenvalue weighted by Gasteiger charge is 2.19. The molecule has 2 heterocycles. The third-order valence-electron chi connectivity index (χ3n) is 3.47. The summed E-state index contributed by atoms with van der Waals surface area (Å²) >= 11 is 0. The molecule has 0 amide bonds. The summed E-state index contributed by atoms with van der Waals surface area (Å²) in [6.07, 6.45) is 0. The molecular formula is C15H11N3O4. The first-order chi connectivity index (χ1) is 10.6. The maximum Gasteiger partial charge on any atom is 0.231 e. The number of carbonyl (C=O) groups is 1. The molecule has 1 aromatic heterocycles. The third-order valence-corrected chi connectivity index (χ3v) is 3.47. The van der Waals surface area contributed by atoms with Gasteiger partial charge in [-0.25, -0.2) is 0 Å².